The number of amides is 1. The summed E-state index contributed by atoms with van der Waals surface area (Å²) < 4.78 is 5.36. The Morgan fingerprint density at radius 3 is 2.03 bits per heavy atom. The van der Waals surface area contributed by atoms with Crippen LogP contribution in [0.5, 0.6) is 0 Å². The Bertz CT molecular complexity index is 756. The van der Waals surface area contributed by atoms with E-state index in [2.05, 4.69) is 20.3 Å². The standard InChI is InChI=1S/C20H30N6O3/c1-10(2)15(16(27)29-9-14-23-18(21)26-19(22)24-14)25-17(28)20-6-11-3-12(7-20)5-13(4-11)8-20/h10-13,15H,3-9H2,1-2H3,(H,25,28)(H4,21,22,23,24,26)/t11?,12?,13?,15-,20?/m0/s1. The van der Waals surface area contributed by atoms with E-state index in [-0.39, 0.29) is 41.6 Å². The number of ether oxygens (including phenoxy) is 1. The molecule has 0 radical (unpaired) electrons. The lowest BCUT2D eigenvalue weighted by molar-refractivity contribution is -0.156. The fraction of sp³-hybridized carbons (Fsp3) is 0.750. The molecule has 0 unspecified atom stereocenters. The third kappa shape index (κ3) is 4.00. The van der Waals surface area contributed by atoms with Gasteiger partial charge in [-0.1, -0.05) is 13.8 Å². The highest BCUT2D eigenvalue weighted by Gasteiger charge is 2.55. The van der Waals surface area contributed by atoms with Crippen molar-refractivity contribution in [2.45, 2.75) is 65.0 Å². The predicted molar refractivity (Wildman–Crippen MR) is 106 cm³/mol. The smallest absolute Gasteiger partial charge is 0.329 e. The molecule has 29 heavy (non-hydrogen) atoms. The zero-order chi connectivity index (χ0) is 20.8. The quantitative estimate of drug-likeness (QED) is 0.606. The average Bonchev–Trinajstić information content (AvgIpc) is 2.61. The molecule has 1 atom stereocenters. The van der Waals surface area contributed by atoms with Gasteiger partial charge in [-0.3, -0.25) is 4.79 Å². The molecule has 9 nitrogen and oxygen atoms in total. The summed E-state index contributed by atoms with van der Waals surface area (Å²) in [6.07, 6.45) is 6.65. The Morgan fingerprint density at radius 1 is 1.03 bits per heavy atom. The molecule has 158 valence electrons. The molecule has 4 saturated carbocycles. The first-order valence-electron chi connectivity index (χ1n) is 10.5. The van der Waals surface area contributed by atoms with Crippen LogP contribution in [0.15, 0.2) is 0 Å². The summed E-state index contributed by atoms with van der Waals surface area (Å²) in [6.45, 7) is 3.61. The number of nitrogen functional groups attached to an aromatic ring is 2. The number of nitrogens with one attached hydrogen (secondary N) is 1. The molecule has 1 heterocycles. The molecule has 5 N–H and O–H groups in total. The summed E-state index contributed by atoms with van der Waals surface area (Å²) in [7, 11) is 0. The molecular formula is C20H30N6O3. The Kier molecular flexibility index (Phi) is 5.08. The lowest BCUT2D eigenvalue weighted by Crippen LogP contribution is -2.57. The highest BCUT2D eigenvalue weighted by Crippen LogP contribution is 2.60. The van der Waals surface area contributed by atoms with E-state index in [1.807, 2.05) is 13.8 Å². The van der Waals surface area contributed by atoms with Crippen LogP contribution in [0.3, 0.4) is 0 Å². The number of rotatable bonds is 6. The molecule has 4 bridgehead atoms. The number of aromatic nitrogens is 3. The van der Waals surface area contributed by atoms with Crippen molar-refractivity contribution in [1.82, 2.24) is 20.3 Å². The Balaban J connectivity index is 1.41. The first kappa shape index (κ1) is 19.8. The van der Waals surface area contributed by atoms with Crippen LogP contribution in [0.4, 0.5) is 11.9 Å². The van der Waals surface area contributed by atoms with Crippen molar-refractivity contribution in [3.63, 3.8) is 0 Å². The van der Waals surface area contributed by atoms with Crippen molar-refractivity contribution in [1.29, 1.82) is 0 Å². The Labute approximate surface area is 170 Å². The van der Waals surface area contributed by atoms with Gasteiger partial charge in [0, 0.05) is 5.41 Å². The van der Waals surface area contributed by atoms with E-state index >= 15 is 0 Å². The van der Waals surface area contributed by atoms with E-state index in [0.717, 1.165) is 19.3 Å². The summed E-state index contributed by atoms with van der Waals surface area (Å²) in [5.41, 5.74) is 10.8. The van der Waals surface area contributed by atoms with Gasteiger partial charge in [-0.05, 0) is 62.2 Å². The minimum atomic E-state index is -0.716. The number of nitrogens with zero attached hydrogens (tertiary/aromatic N) is 3. The number of hydrogen-bond acceptors (Lipinski definition) is 8. The second kappa shape index (κ2) is 7.42. The largest absolute Gasteiger partial charge is 0.456 e. The topological polar surface area (TPSA) is 146 Å². The third-order valence-electron chi connectivity index (χ3n) is 6.79. The van der Waals surface area contributed by atoms with Gasteiger partial charge in [0.25, 0.3) is 0 Å². The van der Waals surface area contributed by atoms with E-state index in [1.165, 1.54) is 19.3 Å². The fourth-order valence-corrected chi connectivity index (χ4v) is 5.93. The predicted octanol–water partition coefficient (Wildman–Crippen LogP) is 1.44. The maximum atomic E-state index is 13.3. The van der Waals surface area contributed by atoms with Crippen molar-refractivity contribution < 1.29 is 14.3 Å². The molecule has 0 saturated heterocycles. The van der Waals surface area contributed by atoms with Gasteiger partial charge < -0.3 is 21.5 Å². The van der Waals surface area contributed by atoms with Gasteiger partial charge in [-0.15, -0.1) is 0 Å². The molecule has 1 aromatic rings. The van der Waals surface area contributed by atoms with Crippen LogP contribution in [-0.4, -0.2) is 32.9 Å². The molecule has 5 rings (SSSR count). The highest BCUT2D eigenvalue weighted by atomic mass is 16.5. The van der Waals surface area contributed by atoms with E-state index in [1.54, 1.807) is 0 Å². The van der Waals surface area contributed by atoms with Gasteiger partial charge >= 0.3 is 5.97 Å². The van der Waals surface area contributed by atoms with Gasteiger partial charge in [0.1, 0.15) is 6.04 Å². The molecule has 0 aliphatic heterocycles. The Hall–Kier alpha value is -2.45. The normalized spacial score (nSPS) is 30.9. The number of esters is 1. The lowest BCUT2D eigenvalue weighted by Gasteiger charge is -2.55. The Morgan fingerprint density at radius 2 is 1.55 bits per heavy atom. The summed E-state index contributed by atoms with van der Waals surface area (Å²) in [4.78, 5) is 37.5. The van der Waals surface area contributed by atoms with E-state index in [0.29, 0.717) is 17.8 Å². The summed E-state index contributed by atoms with van der Waals surface area (Å²) in [5, 5.41) is 3.02. The summed E-state index contributed by atoms with van der Waals surface area (Å²) in [6, 6.07) is -0.716. The molecule has 4 aliphatic carbocycles. The minimum Gasteiger partial charge on any atom is -0.456 e. The molecule has 4 fully saturated rings. The van der Waals surface area contributed by atoms with E-state index in [4.69, 9.17) is 16.2 Å². The van der Waals surface area contributed by atoms with Crippen molar-refractivity contribution in [3.8, 4) is 0 Å². The van der Waals surface area contributed by atoms with Gasteiger partial charge in [0.05, 0.1) is 0 Å². The number of nitrogens with two attached hydrogens (primary N) is 2. The molecule has 9 heteroatoms. The van der Waals surface area contributed by atoms with Crippen LogP contribution >= 0.6 is 0 Å². The molecular weight excluding hydrogens is 372 g/mol. The first-order chi connectivity index (χ1) is 13.7. The lowest BCUT2D eigenvalue weighted by atomic mass is 9.49. The van der Waals surface area contributed by atoms with Crippen LogP contribution in [0.25, 0.3) is 0 Å². The van der Waals surface area contributed by atoms with E-state index in [9.17, 15) is 9.59 Å². The number of hydrogen-bond donors (Lipinski definition) is 3. The van der Waals surface area contributed by atoms with Gasteiger partial charge in [-0.2, -0.15) is 15.0 Å². The zero-order valence-electron chi connectivity index (χ0n) is 17.1. The molecule has 4 aliphatic rings. The van der Waals surface area contributed by atoms with Gasteiger partial charge in [-0.25, -0.2) is 4.79 Å². The average molecular weight is 402 g/mol. The van der Waals surface area contributed by atoms with Crippen molar-refractivity contribution >= 4 is 23.8 Å². The number of carbonyl (C=O) groups is 2. The van der Waals surface area contributed by atoms with Crippen molar-refractivity contribution in [2.24, 2.45) is 29.1 Å². The number of anilines is 2. The van der Waals surface area contributed by atoms with Crippen LogP contribution in [0, 0.1) is 29.1 Å². The molecule has 0 spiro atoms. The van der Waals surface area contributed by atoms with Crippen LogP contribution in [0.1, 0.15) is 58.2 Å². The van der Waals surface area contributed by atoms with Crippen molar-refractivity contribution in [2.75, 3.05) is 11.5 Å². The molecule has 0 aromatic carbocycles. The third-order valence-corrected chi connectivity index (χ3v) is 6.79. The highest BCUT2D eigenvalue weighted by molar-refractivity contribution is 5.88. The molecule has 1 amide bonds. The SMILES string of the molecule is CC(C)[C@H](NC(=O)C12CC3CC(CC(C3)C1)C2)C(=O)OCc1nc(N)nc(N)n1. The van der Waals surface area contributed by atoms with Gasteiger partial charge in [0.15, 0.2) is 12.4 Å². The van der Waals surface area contributed by atoms with E-state index < -0.39 is 12.0 Å². The second-order valence-corrected chi connectivity index (χ2v) is 9.47. The zero-order valence-corrected chi connectivity index (χ0v) is 17.1. The minimum absolute atomic E-state index is 0.0147. The second-order valence-electron chi connectivity index (χ2n) is 9.47. The fourth-order valence-electron chi connectivity index (χ4n) is 5.93. The van der Waals surface area contributed by atoms with Crippen LogP contribution in [0.2, 0.25) is 0 Å². The van der Waals surface area contributed by atoms with Crippen LogP contribution in [-0.2, 0) is 20.9 Å². The maximum absolute atomic E-state index is 13.3. The monoisotopic (exact) mass is 402 g/mol. The number of carbonyl (C=O) groups excluding carboxylic acids is 2. The summed E-state index contributed by atoms with van der Waals surface area (Å²) >= 11 is 0. The van der Waals surface area contributed by atoms with Crippen molar-refractivity contribution in [3.05, 3.63) is 5.82 Å². The first-order valence-corrected chi connectivity index (χ1v) is 10.5. The molecule has 1 aromatic heterocycles. The maximum Gasteiger partial charge on any atom is 0.329 e. The van der Waals surface area contributed by atoms with Gasteiger partial charge in [0.2, 0.25) is 17.8 Å². The van der Waals surface area contributed by atoms with Crippen LogP contribution < -0.4 is 16.8 Å². The summed E-state index contributed by atoms with van der Waals surface area (Å²) in [5.74, 6) is 1.52.